The summed E-state index contributed by atoms with van der Waals surface area (Å²) in [6, 6.07) is 5.57. The number of H-pyrrole nitrogens is 1. The zero-order chi connectivity index (χ0) is 15.9. The van der Waals surface area contributed by atoms with E-state index in [0.717, 1.165) is 22.4 Å². The molecule has 1 amide bonds. The molecule has 0 radical (unpaired) electrons. The van der Waals surface area contributed by atoms with Gasteiger partial charge in [0.05, 0.1) is 0 Å². The van der Waals surface area contributed by atoms with E-state index in [9.17, 15) is 9.90 Å². The van der Waals surface area contributed by atoms with Crippen molar-refractivity contribution >= 4 is 11.7 Å². The highest BCUT2D eigenvalue weighted by Gasteiger charge is 2.30. The van der Waals surface area contributed by atoms with Gasteiger partial charge in [-0.2, -0.15) is 5.10 Å². The van der Waals surface area contributed by atoms with Crippen LogP contribution in [-0.2, 0) is 11.3 Å². The fourth-order valence-electron chi connectivity index (χ4n) is 3.00. The van der Waals surface area contributed by atoms with Crippen LogP contribution < -0.4 is 5.32 Å². The van der Waals surface area contributed by atoms with Crippen LogP contribution in [0.5, 0.6) is 5.75 Å². The molecular weight excluding hydrogens is 280 g/mol. The van der Waals surface area contributed by atoms with E-state index in [2.05, 4.69) is 15.5 Å². The zero-order valence-corrected chi connectivity index (χ0v) is 13.0. The first-order valence-electron chi connectivity index (χ1n) is 7.27. The monoisotopic (exact) mass is 300 g/mol. The van der Waals surface area contributed by atoms with Gasteiger partial charge >= 0.3 is 0 Å². The number of anilines is 1. The average molecular weight is 300 g/mol. The van der Waals surface area contributed by atoms with E-state index in [-0.39, 0.29) is 17.6 Å². The number of phenolic OH excluding ortho intramolecular Hbond substituents is 1. The van der Waals surface area contributed by atoms with E-state index in [1.165, 1.54) is 0 Å². The van der Waals surface area contributed by atoms with Gasteiger partial charge < -0.3 is 15.3 Å². The summed E-state index contributed by atoms with van der Waals surface area (Å²) in [6.45, 7) is 2.60. The summed E-state index contributed by atoms with van der Waals surface area (Å²) in [5.41, 5.74) is 3.87. The first-order valence-corrected chi connectivity index (χ1v) is 7.27. The van der Waals surface area contributed by atoms with Crippen LogP contribution in [0.15, 0.2) is 18.2 Å². The molecule has 0 spiro atoms. The van der Waals surface area contributed by atoms with Gasteiger partial charge in [-0.15, -0.1) is 0 Å². The molecule has 1 atom stereocenters. The number of hydrogen-bond acceptors (Lipinski definition) is 4. The predicted octanol–water partition coefficient (Wildman–Crippen LogP) is 1.96. The van der Waals surface area contributed by atoms with E-state index in [1.807, 2.05) is 38.1 Å². The van der Waals surface area contributed by atoms with Gasteiger partial charge in [-0.3, -0.25) is 9.89 Å². The van der Waals surface area contributed by atoms with E-state index < -0.39 is 0 Å². The summed E-state index contributed by atoms with van der Waals surface area (Å²) in [6.07, 6.45) is 0.388. The molecular formula is C16H20N4O2. The largest absolute Gasteiger partial charge is 0.508 e. The molecule has 1 aromatic carbocycles. The number of nitrogens with one attached hydrogen (secondary N) is 2. The molecule has 22 heavy (non-hydrogen) atoms. The second-order valence-corrected chi connectivity index (χ2v) is 6.04. The number of amides is 1. The Morgan fingerprint density at radius 3 is 2.91 bits per heavy atom. The maximum atomic E-state index is 11.9. The number of aromatic nitrogens is 2. The van der Waals surface area contributed by atoms with E-state index >= 15 is 0 Å². The van der Waals surface area contributed by atoms with Crippen LogP contribution in [0.4, 0.5) is 5.82 Å². The highest BCUT2D eigenvalue weighted by molar-refractivity contribution is 5.94. The van der Waals surface area contributed by atoms with Crippen LogP contribution in [0.3, 0.4) is 0 Å². The van der Waals surface area contributed by atoms with E-state index in [1.54, 1.807) is 6.07 Å². The maximum absolute atomic E-state index is 11.9. The minimum absolute atomic E-state index is 0.0359. The Labute approximate surface area is 129 Å². The molecule has 6 nitrogen and oxygen atoms in total. The van der Waals surface area contributed by atoms with Crippen LogP contribution in [-0.4, -0.2) is 40.2 Å². The number of aromatic hydroxyl groups is 1. The van der Waals surface area contributed by atoms with Crippen molar-refractivity contribution in [2.24, 2.45) is 0 Å². The Morgan fingerprint density at radius 1 is 1.41 bits per heavy atom. The molecule has 1 aliphatic heterocycles. The van der Waals surface area contributed by atoms with Crippen molar-refractivity contribution in [1.82, 2.24) is 15.1 Å². The van der Waals surface area contributed by atoms with Crippen LogP contribution >= 0.6 is 0 Å². The fourth-order valence-corrected chi connectivity index (χ4v) is 3.00. The Kier molecular flexibility index (Phi) is 3.62. The van der Waals surface area contributed by atoms with E-state index in [4.69, 9.17) is 0 Å². The van der Waals surface area contributed by atoms with Gasteiger partial charge in [0.15, 0.2) is 5.82 Å². The topological polar surface area (TPSA) is 81.2 Å². The molecule has 1 unspecified atom stereocenters. The summed E-state index contributed by atoms with van der Waals surface area (Å²) in [5.74, 6) is 0.818. The molecule has 0 aliphatic carbocycles. The lowest BCUT2D eigenvalue weighted by Gasteiger charge is -2.24. The molecule has 6 heteroatoms. The third-order valence-electron chi connectivity index (χ3n) is 3.98. The molecule has 3 N–H and O–H groups in total. The number of rotatable bonds is 3. The van der Waals surface area contributed by atoms with Gasteiger partial charge in [0.2, 0.25) is 5.91 Å². The molecule has 0 saturated carbocycles. The van der Waals surface area contributed by atoms with Crippen molar-refractivity contribution in [1.29, 1.82) is 0 Å². The number of aromatic amines is 1. The second kappa shape index (κ2) is 5.46. The number of phenols is 1. The maximum Gasteiger partial charge on any atom is 0.226 e. The van der Waals surface area contributed by atoms with Gasteiger partial charge in [-0.1, -0.05) is 12.1 Å². The Hall–Kier alpha value is -2.34. The lowest BCUT2D eigenvalue weighted by molar-refractivity contribution is -0.116. The van der Waals surface area contributed by atoms with Crippen LogP contribution in [0.2, 0.25) is 0 Å². The van der Waals surface area contributed by atoms with Crippen molar-refractivity contribution < 1.29 is 9.90 Å². The highest BCUT2D eigenvalue weighted by atomic mass is 16.3. The summed E-state index contributed by atoms with van der Waals surface area (Å²) in [4.78, 5) is 13.9. The highest BCUT2D eigenvalue weighted by Crippen LogP contribution is 2.39. The quantitative estimate of drug-likeness (QED) is 0.809. The summed E-state index contributed by atoms with van der Waals surface area (Å²) in [7, 11) is 3.91. The summed E-state index contributed by atoms with van der Waals surface area (Å²) < 4.78 is 0. The van der Waals surface area contributed by atoms with Crippen LogP contribution in [0, 0.1) is 6.92 Å². The predicted molar refractivity (Wildman–Crippen MR) is 83.9 cm³/mol. The molecule has 2 heterocycles. The van der Waals surface area contributed by atoms with Crippen molar-refractivity contribution in [2.45, 2.75) is 25.8 Å². The molecule has 0 bridgehead atoms. The Morgan fingerprint density at radius 2 is 2.18 bits per heavy atom. The van der Waals surface area contributed by atoms with Crippen molar-refractivity contribution in [3.05, 3.63) is 40.6 Å². The molecule has 0 saturated heterocycles. The molecule has 2 aromatic rings. The lowest BCUT2D eigenvalue weighted by Crippen LogP contribution is -2.23. The minimum Gasteiger partial charge on any atom is -0.508 e. The zero-order valence-electron chi connectivity index (χ0n) is 13.0. The number of hydrogen-bond donors (Lipinski definition) is 3. The fraction of sp³-hybridized carbons (Fsp3) is 0.375. The van der Waals surface area contributed by atoms with Gasteiger partial charge in [0.1, 0.15) is 5.75 Å². The minimum atomic E-state index is -0.0380. The summed E-state index contributed by atoms with van der Waals surface area (Å²) >= 11 is 0. The van der Waals surface area contributed by atoms with Gasteiger partial charge in [0.25, 0.3) is 0 Å². The normalized spacial score (nSPS) is 17.5. The van der Waals surface area contributed by atoms with Gasteiger partial charge in [0, 0.05) is 35.7 Å². The third kappa shape index (κ3) is 2.57. The number of carbonyl (C=O) groups excluding carboxylic acids is 1. The van der Waals surface area contributed by atoms with Crippen molar-refractivity contribution in [3.63, 3.8) is 0 Å². The number of carbonyl (C=O) groups is 1. The second-order valence-electron chi connectivity index (χ2n) is 6.04. The van der Waals surface area contributed by atoms with Gasteiger partial charge in [-0.05, 0) is 32.6 Å². The molecule has 116 valence electrons. The molecule has 3 rings (SSSR count). The van der Waals surface area contributed by atoms with Crippen LogP contribution in [0.1, 0.15) is 34.7 Å². The smallest absolute Gasteiger partial charge is 0.226 e. The van der Waals surface area contributed by atoms with E-state index in [0.29, 0.717) is 18.8 Å². The lowest BCUT2D eigenvalue weighted by atomic mass is 9.85. The van der Waals surface area contributed by atoms with Crippen molar-refractivity contribution in [2.75, 3.05) is 19.4 Å². The molecule has 0 fully saturated rings. The van der Waals surface area contributed by atoms with Gasteiger partial charge in [-0.25, -0.2) is 0 Å². The van der Waals surface area contributed by atoms with Crippen molar-refractivity contribution in [3.8, 4) is 5.75 Å². The first kappa shape index (κ1) is 14.6. The number of benzene rings is 1. The third-order valence-corrected chi connectivity index (χ3v) is 3.98. The number of fused-ring (bicyclic) bond motifs is 1. The standard InChI is InChI=1S/C16H20N4O2/c1-9-15-12(7-14(22)17-16(15)19-18-9)10-4-5-13(21)11(6-10)8-20(2)3/h4-6,12,21H,7-8H2,1-3H3,(H2,17,18,19,22). The first-order chi connectivity index (χ1) is 10.5. The molecule has 1 aliphatic rings. The Balaban J connectivity index is 2.04. The number of nitrogens with zero attached hydrogens (tertiary/aromatic N) is 2. The molecule has 1 aromatic heterocycles. The average Bonchev–Trinajstić information content (AvgIpc) is 2.81. The Bertz CT molecular complexity index is 721. The SMILES string of the molecule is Cc1[nH]nc2c1C(c1ccc(O)c(CN(C)C)c1)CC(=O)N2. The summed E-state index contributed by atoms with van der Waals surface area (Å²) in [5, 5.41) is 19.9. The van der Waals surface area contributed by atoms with Crippen LogP contribution in [0.25, 0.3) is 0 Å². The number of aryl methyl sites for hydroxylation is 1.